The predicted molar refractivity (Wildman–Crippen MR) is 107 cm³/mol. The Hall–Kier alpha value is -2.79. The molecule has 3 nitrogen and oxygen atoms in total. The van der Waals surface area contributed by atoms with Crippen molar-refractivity contribution in [1.29, 1.82) is 0 Å². The first-order chi connectivity index (χ1) is 13.6. The van der Waals surface area contributed by atoms with Crippen LogP contribution in [0.3, 0.4) is 0 Å². The molecule has 0 bridgehead atoms. The molecule has 0 fully saturated rings. The third kappa shape index (κ3) is 5.14. The summed E-state index contributed by atoms with van der Waals surface area (Å²) >= 11 is 6.05. The average molecular weight is 404 g/mol. The summed E-state index contributed by atoms with van der Waals surface area (Å²) in [4.78, 5) is 0. The Morgan fingerprint density at radius 3 is 2.43 bits per heavy atom. The minimum absolute atomic E-state index is 0.00123. The monoisotopic (exact) mass is 403 g/mol. The van der Waals surface area contributed by atoms with Gasteiger partial charge in [-0.05, 0) is 61.0 Å². The molecule has 0 saturated heterocycles. The van der Waals surface area contributed by atoms with Gasteiger partial charge in [-0.15, -0.1) is 0 Å². The molecule has 0 unspecified atom stereocenters. The lowest BCUT2D eigenvalue weighted by molar-refractivity contribution is 0.265. The molecule has 6 heteroatoms. The number of rotatable bonds is 8. The molecule has 146 valence electrons. The maximum Gasteiger partial charge on any atom is 0.161 e. The summed E-state index contributed by atoms with van der Waals surface area (Å²) in [6.45, 7) is 2.87. The van der Waals surface area contributed by atoms with Crippen LogP contribution in [-0.2, 0) is 13.2 Å². The highest BCUT2D eigenvalue weighted by Gasteiger charge is 2.11. The molecular formula is C22H20ClF2NO2. The van der Waals surface area contributed by atoms with Gasteiger partial charge in [0.25, 0.3) is 0 Å². The lowest BCUT2D eigenvalue weighted by Gasteiger charge is -2.15. The molecule has 0 aliphatic rings. The van der Waals surface area contributed by atoms with Crippen molar-refractivity contribution in [3.63, 3.8) is 0 Å². The van der Waals surface area contributed by atoms with Gasteiger partial charge in [0.15, 0.2) is 11.5 Å². The zero-order chi connectivity index (χ0) is 19.9. The van der Waals surface area contributed by atoms with Gasteiger partial charge >= 0.3 is 0 Å². The van der Waals surface area contributed by atoms with Crippen LogP contribution in [-0.4, -0.2) is 6.61 Å². The quantitative estimate of drug-likeness (QED) is 0.485. The molecule has 3 aromatic carbocycles. The molecule has 1 N–H and O–H groups in total. The second kappa shape index (κ2) is 9.42. The number of ether oxygens (including phenoxy) is 2. The minimum atomic E-state index is -0.412. The molecule has 0 aromatic heterocycles. The van der Waals surface area contributed by atoms with E-state index in [4.69, 9.17) is 21.1 Å². The zero-order valence-electron chi connectivity index (χ0n) is 15.3. The molecular weight excluding hydrogens is 384 g/mol. The lowest BCUT2D eigenvalue weighted by atomic mass is 10.2. The Morgan fingerprint density at radius 2 is 1.71 bits per heavy atom. The summed E-state index contributed by atoms with van der Waals surface area (Å²) < 4.78 is 38.3. The van der Waals surface area contributed by atoms with Crippen LogP contribution in [0.5, 0.6) is 11.5 Å². The fraction of sp³-hybridized carbons (Fsp3) is 0.182. The number of hydrogen-bond donors (Lipinski definition) is 1. The van der Waals surface area contributed by atoms with Crippen molar-refractivity contribution in [3.8, 4) is 11.5 Å². The Labute approximate surface area is 167 Å². The van der Waals surface area contributed by atoms with Crippen molar-refractivity contribution in [3.05, 3.63) is 88.4 Å². The van der Waals surface area contributed by atoms with Crippen LogP contribution in [0.2, 0.25) is 5.02 Å². The number of anilines is 1. The van der Waals surface area contributed by atoms with E-state index in [2.05, 4.69) is 5.32 Å². The molecule has 3 aromatic rings. The lowest BCUT2D eigenvalue weighted by Crippen LogP contribution is -2.04. The van der Waals surface area contributed by atoms with Crippen LogP contribution in [0.15, 0.2) is 60.7 Å². The number of hydrogen-bond acceptors (Lipinski definition) is 3. The average Bonchev–Trinajstić information content (AvgIpc) is 2.68. The standard InChI is InChI=1S/C22H20ClF2NO2/c1-2-27-22-12-15(13-26-17-9-7-16(24)8-10-17)6-11-21(22)28-14-18-19(23)4-3-5-20(18)25/h3-12,26H,2,13-14H2,1H3. The van der Waals surface area contributed by atoms with Crippen molar-refractivity contribution in [2.24, 2.45) is 0 Å². The highest BCUT2D eigenvalue weighted by atomic mass is 35.5. The normalized spacial score (nSPS) is 10.6. The van der Waals surface area contributed by atoms with Crippen LogP contribution in [0.4, 0.5) is 14.5 Å². The predicted octanol–water partition coefficient (Wildman–Crippen LogP) is 6.21. The Kier molecular flexibility index (Phi) is 6.71. The maximum absolute atomic E-state index is 13.9. The highest BCUT2D eigenvalue weighted by molar-refractivity contribution is 6.31. The van der Waals surface area contributed by atoms with Crippen molar-refractivity contribution in [2.75, 3.05) is 11.9 Å². The zero-order valence-corrected chi connectivity index (χ0v) is 16.1. The fourth-order valence-electron chi connectivity index (χ4n) is 2.64. The number of nitrogens with one attached hydrogen (secondary N) is 1. The second-order valence-electron chi connectivity index (χ2n) is 6.06. The molecule has 0 aliphatic carbocycles. The molecule has 28 heavy (non-hydrogen) atoms. The van der Waals surface area contributed by atoms with Gasteiger partial charge in [-0.25, -0.2) is 8.78 Å². The van der Waals surface area contributed by atoms with Gasteiger partial charge in [0, 0.05) is 17.8 Å². The van der Waals surface area contributed by atoms with Crippen molar-refractivity contribution < 1.29 is 18.3 Å². The van der Waals surface area contributed by atoms with E-state index < -0.39 is 5.82 Å². The van der Waals surface area contributed by atoms with Gasteiger partial charge in [-0.2, -0.15) is 0 Å². The highest BCUT2D eigenvalue weighted by Crippen LogP contribution is 2.31. The first-order valence-electron chi connectivity index (χ1n) is 8.87. The summed E-state index contributed by atoms with van der Waals surface area (Å²) in [5, 5.41) is 3.54. The van der Waals surface area contributed by atoms with Gasteiger partial charge in [0.1, 0.15) is 18.2 Å². The van der Waals surface area contributed by atoms with Crippen LogP contribution in [0.1, 0.15) is 18.1 Å². The summed E-state index contributed by atoms with van der Waals surface area (Å²) in [7, 11) is 0. The van der Waals surface area contributed by atoms with Crippen LogP contribution >= 0.6 is 11.6 Å². The third-order valence-corrected chi connectivity index (χ3v) is 4.44. The van der Waals surface area contributed by atoms with Crippen molar-refractivity contribution >= 4 is 17.3 Å². The Bertz CT molecular complexity index is 912. The van der Waals surface area contributed by atoms with Crippen molar-refractivity contribution in [2.45, 2.75) is 20.1 Å². The SMILES string of the molecule is CCOc1cc(CNc2ccc(F)cc2)ccc1OCc1c(F)cccc1Cl. The summed E-state index contributed by atoms with van der Waals surface area (Å²) in [6.07, 6.45) is 0. The molecule has 0 spiro atoms. The van der Waals surface area contributed by atoms with E-state index in [-0.39, 0.29) is 12.4 Å². The smallest absolute Gasteiger partial charge is 0.161 e. The van der Waals surface area contributed by atoms with Gasteiger partial charge in [-0.1, -0.05) is 23.7 Å². The molecule has 0 heterocycles. The van der Waals surface area contributed by atoms with Gasteiger partial charge < -0.3 is 14.8 Å². The first-order valence-corrected chi connectivity index (χ1v) is 9.25. The fourth-order valence-corrected chi connectivity index (χ4v) is 2.86. The first kappa shape index (κ1) is 20.0. The van der Waals surface area contributed by atoms with Crippen LogP contribution < -0.4 is 14.8 Å². The van der Waals surface area contributed by atoms with E-state index in [1.165, 1.54) is 18.2 Å². The van der Waals surface area contributed by atoms with Gasteiger partial charge in [0.2, 0.25) is 0 Å². The van der Waals surface area contributed by atoms with E-state index in [0.717, 1.165) is 11.3 Å². The summed E-state index contributed by atoms with van der Waals surface area (Å²) in [5.74, 6) is 0.381. The largest absolute Gasteiger partial charge is 0.490 e. The number of halogens is 3. The minimum Gasteiger partial charge on any atom is -0.490 e. The molecule has 0 aliphatic heterocycles. The van der Waals surface area contributed by atoms with Crippen LogP contribution in [0.25, 0.3) is 0 Å². The van der Waals surface area contributed by atoms with E-state index in [9.17, 15) is 8.78 Å². The summed E-state index contributed by atoms with van der Waals surface area (Å²) in [5.41, 5.74) is 2.08. The third-order valence-electron chi connectivity index (χ3n) is 4.08. The molecule has 0 amide bonds. The Balaban J connectivity index is 1.70. The van der Waals surface area contributed by atoms with E-state index >= 15 is 0 Å². The molecule has 0 saturated carbocycles. The van der Waals surface area contributed by atoms with E-state index in [1.54, 1.807) is 30.3 Å². The van der Waals surface area contributed by atoms with Gasteiger partial charge in [-0.3, -0.25) is 0 Å². The van der Waals surface area contributed by atoms with Crippen molar-refractivity contribution in [1.82, 2.24) is 0 Å². The molecule has 0 radical (unpaired) electrons. The van der Waals surface area contributed by atoms with Crippen LogP contribution in [0, 0.1) is 11.6 Å². The second-order valence-corrected chi connectivity index (χ2v) is 6.47. The molecule has 0 atom stereocenters. The van der Waals surface area contributed by atoms with Gasteiger partial charge in [0.05, 0.1) is 11.6 Å². The topological polar surface area (TPSA) is 30.5 Å². The molecule has 3 rings (SSSR count). The number of benzene rings is 3. The van der Waals surface area contributed by atoms with E-state index in [0.29, 0.717) is 35.2 Å². The van der Waals surface area contributed by atoms with E-state index in [1.807, 2.05) is 19.1 Å². The summed E-state index contributed by atoms with van der Waals surface area (Å²) in [6, 6.07) is 16.2. The Morgan fingerprint density at radius 1 is 0.929 bits per heavy atom. The maximum atomic E-state index is 13.9.